The highest BCUT2D eigenvalue weighted by molar-refractivity contribution is 5.99. The van der Waals surface area contributed by atoms with Crippen LogP contribution in [-0.2, 0) is 4.79 Å². The van der Waals surface area contributed by atoms with Gasteiger partial charge >= 0.3 is 5.97 Å². The van der Waals surface area contributed by atoms with Crippen LogP contribution in [0.25, 0.3) is 0 Å². The van der Waals surface area contributed by atoms with Gasteiger partial charge < -0.3 is 21.1 Å². The number of amides is 1. The number of nitrogens with one attached hydrogen (secondary N) is 1. The summed E-state index contributed by atoms with van der Waals surface area (Å²) in [5.74, 6) is -1.24. The molecule has 1 aromatic rings. The summed E-state index contributed by atoms with van der Waals surface area (Å²) in [5.41, 5.74) is 6.74. The number of likely N-dealkylation sites (N-methyl/N-ethyl adjacent to an activating group) is 1. The molecule has 0 fully saturated rings. The number of para-hydroxylation sites is 1. The van der Waals surface area contributed by atoms with Crippen molar-refractivity contribution < 1.29 is 14.7 Å². The Kier molecular flexibility index (Phi) is 5.17. The van der Waals surface area contributed by atoms with E-state index in [9.17, 15) is 14.7 Å². The van der Waals surface area contributed by atoms with Gasteiger partial charge in [0.1, 0.15) is 0 Å². The van der Waals surface area contributed by atoms with Crippen molar-refractivity contribution in [2.24, 2.45) is 0 Å². The van der Waals surface area contributed by atoms with Crippen molar-refractivity contribution >= 4 is 23.3 Å². The predicted octanol–water partition coefficient (Wildman–Crippen LogP) is 0.929. The van der Waals surface area contributed by atoms with E-state index >= 15 is 0 Å². The lowest BCUT2D eigenvalue weighted by molar-refractivity contribution is -0.119. The highest BCUT2D eigenvalue weighted by Crippen LogP contribution is 2.28. The largest absolute Gasteiger partial charge is 0.478 e. The van der Waals surface area contributed by atoms with Gasteiger partial charge in [-0.15, -0.1) is 0 Å². The summed E-state index contributed by atoms with van der Waals surface area (Å²) >= 11 is 0. The zero-order chi connectivity index (χ0) is 14.4. The molecule has 0 bridgehead atoms. The molecule has 104 valence electrons. The zero-order valence-corrected chi connectivity index (χ0v) is 11.1. The number of aromatic carboxylic acids is 1. The van der Waals surface area contributed by atoms with Crippen LogP contribution in [0.2, 0.25) is 0 Å². The second-order valence-electron chi connectivity index (χ2n) is 4.14. The second kappa shape index (κ2) is 6.63. The molecule has 1 rings (SSSR count). The molecule has 4 N–H and O–H groups in total. The maximum Gasteiger partial charge on any atom is 0.337 e. The Labute approximate surface area is 112 Å². The number of carboxylic acids is 1. The maximum atomic E-state index is 11.5. The van der Waals surface area contributed by atoms with E-state index in [1.165, 1.54) is 6.07 Å². The number of benzene rings is 1. The Morgan fingerprint density at radius 2 is 2.11 bits per heavy atom. The Morgan fingerprint density at radius 3 is 2.63 bits per heavy atom. The molecule has 19 heavy (non-hydrogen) atoms. The van der Waals surface area contributed by atoms with E-state index in [-0.39, 0.29) is 18.0 Å². The van der Waals surface area contributed by atoms with Gasteiger partial charge in [-0.2, -0.15) is 0 Å². The number of rotatable bonds is 6. The summed E-state index contributed by atoms with van der Waals surface area (Å²) < 4.78 is 0. The molecule has 0 radical (unpaired) electrons. The van der Waals surface area contributed by atoms with Gasteiger partial charge in [0.05, 0.1) is 23.5 Å². The third kappa shape index (κ3) is 3.61. The molecule has 0 saturated heterocycles. The van der Waals surface area contributed by atoms with Gasteiger partial charge in [-0.25, -0.2) is 4.79 Å². The third-order valence-electron chi connectivity index (χ3n) is 2.72. The van der Waals surface area contributed by atoms with Crippen molar-refractivity contribution in [3.05, 3.63) is 23.8 Å². The summed E-state index contributed by atoms with van der Waals surface area (Å²) in [7, 11) is 1.54. The van der Waals surface area contributed by atoms with Gasteiger partial charge in [-0.1, -0.05) is 13.0 Å². The number of nitrogen functional groups attached to an aromatic ring is 1. The van der Waals surface area contributed by atoms with Crippen LogP contribution >= 0.6 is 0 Å². The monoisotopic (exact) mass is 265 g/mol. The molecule has 0 aliphatic rings. The first-order valence-electron chi connectivity index (χ1n) is 6.08. The van der Waals surface area contributed by atoms with E-state index in [0.717, 1.165) is 6.42 Å². The lowest BCUT2D eigenvalue weighted by Gasteiger charge is -2.26. The summed E-state index contributed by atoms with van der Waals surface area (Å²) in [6.45, 7) is 2.59. The van der Waals surface area contributed by atoms with Crippen molar-refractivity contribution in [1.29, 1.82) is 0 Å². The minimum atomic E-state index is -1.06. The summed E-state index contributed by atoms with van der Waals surface area (Å²) in [4.78, 5) is 24.5. The lowest BCUT2D eigenvalue weighted by Crippen LogP contribution is -2.37. The van der Waals surface area contributed by atoms with Crippen LogP contribution in [0.4, 0.5) is 11.4 Å². The predicted molar refractivity (Wildman–Crippen MR) is 74.4 cm³/mol. The number of nitrogens with zero attached hydrogens (tertiary/aromatic N) is 1. The molecular weight excluding hydrogens is 246 g/mol. The molecule has 6 heteroatoms. The van der Waals surface area contributed by atoms with E-state index in [2.05, 4.69) is 5.32 Å². The average molecular weight is 265 g/mol. The quantitative estimate of drug-likeness (QED) is 0.665. The number of nitrogens with two attached hydrogens (primary N) is 1. The van der Waals surface area contributed by atoms with E-state index < -0.39 is 5.97 Å². The van der Waals surface area contributed by atoms with Crippen LogP contribution in [0.1, 0.15) is 23.7 Å². The van der Waals surface area contributed by atoms with E-state index in [0.29, 0.717) is 17.9 Å². The van der Waals surface area contributed by atoms with E-state index in [1.54, 1.807) is 24.1 Å². The number of hydrogen-bond donors (Lipinski definition) is 3. The molecule has 6 nitrogen and oxygen atoms in total. The lowest BCUT2D eigenvalue weighted by atomic mass is 10.1. The molecule has 0 saturated carbocycles. The van der Waals surface area contributed by atoms with Crippen LogP contribution in [0, 0.1) is 0 Å². The number of hydrogen-bond acceptors (Lipinski definition) is 4. The maximum absolute atomic E-state index is 11.5. The van der Waals surface area contributed by atoms with Gasteiger partial charge in [-0.3, -0.25) is 4.79 Å². The molecule has 1 amide bonds. The smallest absolute Gasteiger partial charge is 0.337 e. The standard InChI is InChI=1S/C13H19N3O3/c1-3-7-16(8-11(17)15-2)12-9(13(18)19)5-4-6-10(12)14/h4-6H,3,7-8,14H2,1-2H3,(H,15,17)(H,18,19). The van der Waals surface area contributed by atoms with Crippen molar-refractivity contribution in [3.63, 3.8) is 0 Å². The van der Waals surface area contributed by atoms with Gasteiger partial charge in [-0.05, 0) is 18.6 Å². The molecule has 0 spiro atoms. The number of anilines is 2. The number of carbonyl (C=O) groups excluding carboxylic acids is 1. The van der Waals surface area contributed by atoms with Crippen LogP contribution in [0.3, 0.4) is 0 Å². The van der Waals surface area contributed by atoms with Crippen molar-refractivity contribution in [1.82, 2.24) is 5.32 Å². The normalized spacial score (nSPS) is 10.0. The van der Waals surface area contributed by atoms with Crippen LogP contribution in [-0.4, -0.2) is 37.1 Å². The number of carboxylic acid groups (broad SMARTS) is 1. The molecular formula is C13H19N3O3. The zero-order valence-electron chi connectivity index (χ0n) is 11.1. The fraction of sp³-hybridized carbons (Fsp3) is 0.385. The van der Waals surface area contributed by atoms with Gasteiger partial charge in [0.15, 0.2) is 0 Å². The molecule has 1 aromatic carbocycles. The minimum absolute atomic E-state index is 0.0822. The molecule has 0 aromatic heterocycles. The van der Waals surface area contributed by atoms with Gasteiger partial charge in [0.25, 0.3) is 0 Å². The highest BCUT2D eigenvalue weighted by atomic mass is 16.4. The van der Waals surface area contributed by atoms with Crippen molar-refractivity contribution in [2.75, 3.05) is 30.8 Å². The van der Waals surface area contributed by atoms with Crippen molar-refractivity contribution in [2.45, 2.75) is 13.3 Å². The third-order valence-corrected chi connectivity index (χ3v) is 2.72. The molecule has 0 unspecified atom stereocenters. The molecule has 0 heterocycles. The first kappa shape index (κ1) is 14.8. The molecule has 0 aliphatic carbocycles. The summed E-state index contributed by atoms with van der Waals surface area (Å²) in [6, 6.07) is 4.71. The molecule has 0 atom stereocenters. The summed E-state index contributed by atoms with van der Waals surface area (Å²) in [5, 5.41) is 11.7. The average Bonchev–Trinajstić information content (AvgIpc) is 2.37. The first-order valence-corrected chi connectivity index (χ1v) is 6.08. The SMILES string of the molecule is CCCN(CC(=O)NC)c1c(N)cccc1C(=O)O. The fourth-order valence-corrected chi connectivity index (χ4v) is 1.88. The van der Waals surface area contributed by atoms with Gasteiger partial charge in [0.2, 0.25) is 5.91 Å². The van der Waals surface area contributed by atoms with Crippen LogP contribution < -0.4 is 16.0 Å². The molecule has 0 aliphatic heterocycles. The Balaban J connectivity index is 3.20. The fourth-order valence-electron chi connectivity index (χ4n) is 1.88. The van der Waals surface area contributed by atoms with E-state index in [4.69, 9.17) is 5.73 Å². The topological polar surface area (TPSA) is 95.7 Å². The minimum Gasteiger partial charge on any atom is -0.478 e. The van der Waals surface area contributed by atoms with Crippen LogP contribution in [0.15, 0.2) is 18.2 Å². The van der Waals surface area contributed by atoms with Crippen molar-refractivity contribution in [3.8, 4) is 0 Å². The Bertz CT molecular complexity index is 474. The Hall–Kier alpha value is -2.24. The second-order valence-corrected chi connectivity index (χ2v) is 4.14. The van der Waals surface area contributed by atoms with Crippen LogP contribution in [0.5, 0.6) is 0 Å². The number of carbonyl (C=O) groups is 2. The van der Waals surface area contributed by atoms with Gasteiger partial charge in [0, 0.05) is 13.6 Å². The first-order chi connectivity index (χ1) is 9.01. The van der Waals surface area contributed by atoms with E-state index in [1.807, 2.05) is 6.92 Å². The summed E-state index contributed by atoms with van der Waals surface area (Å²) in [6.07, 6.45) is 0.782. The Morgan fingerprint density at radius 1 is 1.42 bits per heavy atom. The highest BCUT2D eigenvalue weighted by Gasteiger charge is 2.19.